The van der Waals surface area contributed by atoms with Crippen LogP contribution in [0.3, 0.4) is 0 Å². The Labute approximate surface area is 190 Å². The number of benzene rings is 2. The van der Waals surface area contributed by atoms with Crippen LogP contribution in [0.4, 0.5) is 0 Å². The Bertz CT molecular complexity index is 940. The van der Waals surface area contributed by atoms with Crippen LogP contribution in [0.2, 0.25) is 0 Å². The Morgan fingerprint density at radius 2 is 1.72 bits per heavy atom. The Kier molecular flexibility index (Phi) is 6.80. The third kappa shape index (κ3) is 4.51. The molecule has 0 bridgehead atoms. The number of carbonyl (C=O) groups is 2. The Morgan fingerprint density at radius 1 is 1.03 bits per heavy atom. The molecule has 2 aliphatic heterocycles. The molecular weight excluding hydrogens is 404 g/mol. The summed E-state index contributed by atoms with van der Waals surface area (Å²) in [6, 6.07) is 17.8. The first-order valence-corrected chi connectivity index (χ1v) is 11.4. The van der Waals surface area contributed by atoms with Crippen molar-refractivity contribution in [3.8, 4) is 5.75 Å². The fourth-order valence-corrected chi connectivity index (χ4v) is 5.10. The van der Waals surface area contributed by atoms with E-state index in [0.29, 0.717) is 52.1 Å². The van der Waals surface area contributed by atoms with Gasteiger partial charge in [0.25, 0.3) is 0 Å². The average Bonchev–Trinajstić information content (AvgIpc) is 2.84. The zero-order chi connectivity index (χ0) is 22.6. The summed E-state index contributed by atoms with van der Waals surface area (Å²) in [7, 11) is 1.64. The van der Waals surface area contributed by atoms with E-state index in [1.54, 1.807) is 14.0 Å². The van der Waals surface area contributed by atoms with Gasteiger partial charge in [-0.2, -0.15) is 0 Å². The maximum absolute atomic E-state index is 14.0. The molecule has 2 aromatic rings. The first kappa shape index (κ1) is 22.3. The molecular formula is C26H32N2O4. The lowest BCUT2D eigenvalue weighted by Gasteiger charge is -2.46. The number of ether oxygens (including phenoxy) is 2. The van der Waals surface area contributed by atoms with E-state index < -0.39 is 5.41 Å². The molecule has 170 valence electrons. The highest BCUT2D eigenvalue weighted by molar-refractivity contribution is 5.84. The molecule has 6 nitrogen and oxygen atoms in total. The van der Waals surface area contributed by atoms with Gasteiger partial charge in [0, 0.05) is 45.3 Å². The van der Waals surface area contributed by atoms with Crippen LogP contribution in [-0.2, 0) is 20.7 Å². The number of nitrogens with zero attached hydrogens (tertiary/aromatic N) is 2. The third-order valence-electron chi connectivity index (χ3n) is 6.86. The summed E-state index contributed by atoms with van der Waals surface area (Å²) in [5, 5.41) is 0. The number of carbonyl (C=O) groups excluding carboxylic acids is 2. The standard InChI is InChI=1S/C26H32N2O4/c1-20(29)28-15-14-27(19-23(28)22-10-6-7-11-24(22)31-2)25(30)26(12-16-32-17-13-26)18-21-8-4-3-5-9-21/h3-11,23H,12-19H2,1-2H3/t23-/m1/s1. The maximum atomic E-state index is 14.0. The van der Waals surface area contributed by atoms with Crippen LogP contribution in [0.25, 0.3) is 0 Å². The van der Waals surface area contributed by atoms with E-state index in [9.17, 15) is 9.59 Å². The SMILES string of the molecule is COc1ccccc1[C@H]1CN(C(=O)C2(Cc3ccccc3)CCOCC2)CCN1C(C)=O. The number of piperazine rings is 1. The molecule has 2 amide bonds. The number of methoxy groups -OCH3 is 1. The lowest BCUT2D eigenvalue weighted by atomic mass is 9.73. The fourth-order valence-electron chi connectivity index (χ4n) is 5.10. The summed E-state index contributed by atoms with van der Waals surface area (Å²) in [5.41, 5.74) is 1.64. The average molecular weight is 437 g/mol. The molecule has 32 heavy (non-hydrogen) atoms. The monoisotopic (exact) mass is 436 g/mol. The van der Waals surface area contributed by atoms with Gasteiger partial charge in [-0.1, -0.05) is 48.5 Å². The van der Waals surface area contributed by atoms with E-state index in [1.165, 1.54) is 5.56 Å². The van der Waals surface area contributed by atoms with Crippen LogP contribution in [0.1, 0.15) is 36.9 Å². The van der Waals surface area contributed by atoms with E-state index in [0.717, 1.165) is 11.3 Å². The van der Waals surface area contributed by atoms with Crippen LogP contribution >= 0.6 is 0 Å². The summed E-state index contributed by atoms with van der Waals surface area (Å²) < 4.78 is 11.2. The predicted octanol–water partition coefficient (Wildman–Crippen LogP) is 3.47. The van der Waals surface area contributed by atoms with Crippen LogP contribution in [-0.4, -0.2) is 61.6 Å². The van der Waals surface area contributed by atoms with Crippen molar-refractivity contribution in [2.24, 2.45) is 5.41 Å². The van der Waals surface area contributed by atoms with Crippen molar-refractivity contribution in [1.29, 1.82) is 0 Å². The first-order valence-electron chi connectivity index (χ1n) is 11.4. The third-order valence-corrected chi connectivity index (χ3v) is 6.86. The molecule has 2 fully saturated rings. The fraction of sp³-hybridized carbons (Fsp3) is 0.462. The topological polar surface area (TPSA) is 59.1 Å². The summed E-state index contributed by atoms with van der Waals surface area (Å²) in [4.78, 5) is 30.3. The van der Waals surface area contributed by atoms with Gasteiger partial charge in [0.15, 0.2) is 0 Å². The summed E-state index contributed by atoms with van der Waals surface area (Å²) in [6.07, 6.45) is 2.14. The second-order valence-corrected chi connectivity index (χ2v) is 8.78. The minimum absolute atomic E-state index is 0.0121. The number of hydrogen-bond donors (Lipinski definition) is 0. The van der Waals surface area contributed by atoms with E-state index in [2.05, 4.69) is 12.1 Å². The van der Waals surface area contributed by atoms with Crippen molar-refractivity contribution in [2.45, 2.75) is 32.2 Å². The van der Waals surface area contributed by atoms with Crippen LogP contribution < -0.4 is 4.74 Å². The molecule has 0 saturated carbocycles. The smallest absolute Gasteiger partial charge is 0.229 e. The molecule has 0 aromatic heterocycles. The summed E-state index contributed by atoms with van der Waals surface area (Å²) in [5.74, 6) is 0.925. The van der Waals surface area contributed by atoms with Gasteiger partial charge in [0.1, 0.15) is 5.75 Å². The Balaban J connectivity index is 1.62. The lowest BCUT2D eigenvalue weighted by Crippen LogP contribution is -2.56. The molecule has 0 N–H and O–H groups in total. The van der Waals surface area contributed by atoms with Crippen LogP contribution in [0.5, 0.6) is 5.75 Å². The Morgan fingerprint density at radius 3 is 2.41 bits per heavy atom. The number of hydrogen-bond acceptors (Lipinski definition) is 4. The van der Waals surface area contributed by atoms with Gasteiger partial charge in [0.2, 0.25) is 11.8 Å². The lowest BCUT2D eigenvalue weighted by molar-refractivity contribution is -0.154. The van der Waals surface area contributed by atoms with Crippen molar-refractivity contribution < 1.29 is 19.1 Å². The van der Waals surface area contributed by atoms with Crippen LogP contribution in [0.15, 0.2) is 54.6 Å². The zero-order valence-corrected chi connectivity index (χ0v) is 19.0. The molecule has 0 aliphatic carbocycles. The van der Waals surface area contributed by atoms with Gasteiger partial charge < -0.3 is 19.3 Å². The molecule has 2 saturated heterocycles. The molecule has 0 unspecified atom stereocenters. The van der Waals surface area contributed by atoms with Crippen molar-refractivity contribution in [2.75, 3.05) is 40.0 Å². The minimum Gasteiger partial charge on any atom is -0.496 e. The Hall–Kier alpha value is -2.86. The maximum Gasteiger partial charge on any atom is 0.229 e. The normalized spacial score (nSPS) is 20.6. The van der Waals surface area contributed by atoms with Gasteiger partial charge in [-0.05, 0) is 30.9 Å². The minimum atomic E-state index is -0.469. The predicted molar refractivity (Wildman–Crippen MR) is 122 cm³/mol. The number of para-hydroxylation sites is 1. The van der Waals surface area contributed by atoms with Gasteiger partial charge in [0.05, 0.1) is 18.6 Å². The second kappa shape index (κ2) is 9.74. The van der Waals surface area contributed by atoms with Crippen molar-refractivity contribution in [1.82, 2.24) is 9.80 Å². The van der Waals surface area contributed by atoms with Gasteiger partial charge in [-0.3, -0.25) is 9.59 Å². The highest BCUT2D eigenvalue weighted by atomic mass is 16.5. The van der Waals surface area contributed by atoms with Crippen molar-refractivity contribution >= 4 is 11.8 Å². The highest BCUT2D eigenvalue weighted by Gasteiger charge is 2.45. The number of rotatable bonds is 5. The van der Waals surface area contributed by atoms with Gasteiger partial charge in [-0.15, -0.1) is 0 Å². The molecule has 2 aromatic carbocycles. The van der Waals surface area contributed by atoms with E-state index in [1.807, 2.05) is 52.3 Å². The van der Waals surface area contributed by atoms with E-state index in [4.69, 9.17) is 9.47 Å². The zero-order valence-electron chi connectivity index (χ0n) is 19.0. The second-order valence-electron chi connectivity index (χ2n) is 8.78. The number of amides is 2. The van der Waals surface area contributed by atoms with E-state index >= 15 is 0 Å². The molecule has 0 spiro atoms. The largest absolute Gasteiger partial charge is 0.496 e. The molecule has 2 heterocycles. The molecule has 2 aliphatic rings. The molecule has 1 atom stereocenters. The summed E-state index contributed by atoms with van der Waals surface area (Å²) in [6.45, 7) is 4.32. The van der Waals surface area contributed by atoms with Crippen molar-refractivity contribution in [3.63, 3.8) is 0 Å². The van der Waals surface area contributed by atoms with Gasteiger partial charge in [-0.25, -0.2) is 0 Å². The quantitative estimate of drug-likeness (QED) is 0.720. The summed E-state index contributed by atoms with van der Waals surface area (Å²) >= 11 is 0. The molecule has 6 heteroatoms. The molecule has 4 rings (SSSR count). The van der Waals surface area contributed by atoms with Crippen molar-refractivity contribution in [3.05, 3.63) is 65.7 Å². The van der Waals surface area contributed by atoms with Crippen LogP contribution in [0, 0.1) is 5.41 Å². The first-order chi connectivity index (χ1) is 15.5. The highest BCUT2D eigenvalue weighted by Crippen LogP contribution is 2.39. The molecule has 0 radical (unpaired) electrons. The van der Waals surface area contributed by atoms with Gasteiger partial charge >= 0.3 is 0 Å². The van der Waals surface area contributed by atoms with E-state index in [-0.39, 0.29) is 17.9 Å².